The largest absolute Gasteiger partial charge is 0.481 e. The second kappa shape index (κ2) is 9.22. The van der Waals surface area contributed by atoms with Gasteiger partial charge in [0.15, 0.2) is 0 Å². The van der Waals surface area contributed by atoms with Gasteiger partial charge >= 0.3 is 5.97 Å². The van der Waals surface area contributed by atoms with Crippen LogP contribution < -0.4 is 5.90 Å². The molecule has 0 bridgehead atoms. The molecule has 44 valence electrons. The molecule has 0 aliphatic rings. The van der Waals surface area contributed by atoms with Crippen LogP contribution in [0, 0.1) is 0 Å². The maximum atomic E-state index is 9.29. The van der Waals surface area contributed by atoms with Crippen LogP contribution in [0.15, 0.2) is 0 Å². The zero-order chi connectivity index (χ0) is 6.28. The molecule has 0 fully saturated rings. The summed E-state index contributed by atoms with van der Waals surface area (Å²) < 4.78 is 0. The average molecular weight is 125 g/mol. The molecule has 5 heteroatoms. The standard InChI is InChI=1S/C2H4O2S.H3NO/c3-2(4)1-5;1-2/h5H,1H2,(H,3,4);2H,1H2. The molecule has 0 saturated heterocycles. The normalized spacial score (nSPS) is 6.14. The third kappa shape index (κ3) is 26.5. The predicted octanol–water partition coefficient (Wildman–Crippen LogP) is -0.665. The van der Waals surface area contributed by atoms with Gasteiger partial charge in [-0.3, -0.25) is 4.79 Å². The SMILES string of the molecule is NO.O=C(O)CS. The number of aliphatic carboxylic acids is 1. The summed E-state index contributed by atoms with van der Waals surface area (Å²) in [5.74, 6) is 2.54. The Labute approximate surface area is 46.3 Å². The van der Waals surface area contributed by atoms with Crippen molar-refractivity contribution in [2.45, 2.75) is 0 Å². The van der Waals surface area contributed by atoms with Gasteiger partial charge in [0.1, 0.15) is 0 Å². The number of nitrogens with two attached hydrogens (primary N) is 1. The molecule has 0 spiro atoms. The molecule has 0 aromatic carbocycles. The van der Waals surface area contributed by atoms with Gasteiger partial charge in [0.05, 0.1) is 5.75 Å². The second-order valence-electron chi connectivity index (χ2n) is 0.552. The molecule has 0 heterocycles. The van der Waals surface area contributed by atoms with Gasteiger partial charge in [-0.15, -0.1) is 0 Å². The zero-order valence-corrected chi connectivity index (χ0v) is 4.43. The smallest absolute Gasteiger partial charge is 0.313 e. The van der Waals surface area contributed by atoms with Gasteiger partial charge in [-0.2, -0.15) is 12.6 Å². The van der Waals surface area contributed by atoms with Crippen LogP contribution in [-0.4, -0.2) is 22.0 Å². The molecule has 0 aromatic heterocycles. The fourth-order valence-corrected chi connectivity index (χ4v) is 0. The van der Waals surface area contributed by atoms with Crippen molar-refractivity contribution in [1.82, 2.24) is 0 Å². The first-order valence-corrected chi connectivity index (χ1v) is 1.99. The van der Waals surface area contributed by atoms with E-state index in [-0.39, 0.29) is 5.75 Å². The molecule has 0 amide bonds. The molecule has 0 unspecified atom stereocenters. The lowest BCUT2D eigenvalue weighted by atomic mass is 10.8. The first-order chi connectivity index (χ1) is 3.27. The van der Waals surface area contributed by atoms with E-state index in [9.17, 15) is 4.79 Å². The van der Waals surface area contributed by atoms with E-state index in [2.05, 4.69) is 18.5 Å². The summed E-state index contributed by atoms with van der Waals surface area (Å²) in [6.07, 6.45) is 0. The van der Waals surface area contributed by atoms with E-state index in [0.29, 0.717) is 0 Å². The Morgan fingerprint density at radius 2 is 1.86 bits per heavy atom. The Morgan fingerprint density at radius 3 is 1.86 bits per heavy atom. The summed E-state index contributed by atoms with van der Waals surface area (Å²) in [7, 11) is 0. The molecule has 0 radical (unpaired) electrons. The average Bonchev–Trinajstić information content (AvgIpc) is 1.73. The fourth-order valence-electron chi connectivity index (χ4n) is 0. The Kier molecular flexibility index (Phi) is 13.0. The molecule has 0 aliphatic carbocycles. The molecule has 7 heavy (non-hydrogen) atoms. The predicted molar refractivity (Wildman–Crippen MR) is 27.5 cm³/mol. The molecular formula is C2H7NO3S. The quantitative estimate of drug-likeness (QED) is 0.277. The third-order valence-electron chi connectivity index (χ3n) is 0.135. The van der Waals surface area contributed by atoms with E-state index < -0.39 is 5.97 Å². The van der Waals surface area contributed by atoms with Crippen LogP contribution in [-0.2, 0) is 4.79 Å². The molecule has 0 saturated carbocycles. The minimum absolute atomic E-state index is 0.0833. The van der Waals surface area contributed by atoms with Crippen molar-refractivity contribution in [2.75, 3.05) is 5.75 Å². The highest BCUT2D eigenvalue weighted by Crippen LogP contribution is 1.66. The number of thiol groups is 1. The highest BCUT2D eigenvalue weighted by Gasteiger charge is 1.81. The van der Waals surface area contributed by atoms with Crippen molar-refractivity contribution >= 4 is 18.6 Å². The van der Waals surface area contributed by atoms with Crippen LogP contribution in [0.25, 0.3) is 0 Å². The van der Waals surface area contributed by atoms with E-state index in [0.717, 1.165) is 0 Å². The van der Waals surface area contributed by atoms with Crippen LogP contribution >= 0.6 is 12.6 Å². The van der Waals surface area contributed by atoms with E-state index in [1.807, 2.05) is 0 Å². The van der Waals surface area contributed by atoms with Crippen LogP contribution in [0.2, 0.25) is 0 Å². The van der Waals surface area contributed by atoms with Crippen molar-refractivity contribution in [1.29, 1.82) is 0 Å². The molecule has 4 N–H and O–H groups in total. The Hall–Kier alpha value is -0.260. The summed E-state index contributed by atoms with van der Waals surface area (Å²) in [6.45, 7) is 0. The van der Waals surface area contributed by atoms with Gasteiger partial charge in [-0.25, -0.2) is 5.90 Å². The fraction of sp³-hybridized carbons (Fsp3) is 0.500. The van der Waals surface area contributed by atoms with Crippen molar-refractivity contribution in [3.8, 4) is 0 Å². The van der Waals surface area contributed by atoms with Gasteiger partial charge in [-0.1, -0.05) is 0 Å². The molecule has 0 aliphatic heterocycles. The monoisotopic (exact) mass is 125 g/mol. The van der Waals surface area contributed by atoms with Gasteiger partial charge in [0.25, 0.3) is 0 Å². The van der Waals surface area contributed by atoms with Crippen LogP contribution in [0.3, 0.4) is 0 Å². The highest BCUT2D eigenvalue weighted by molar-refractivity contribution is 7.81. The molecule has 0 atom stereocenters. The summed E-state index contributed by atoms with van der Waals surface area (Å²) in [5.41, 5.74) is 0. The summed E-state index contributed by atoms with van der Waals surface area (Å²) in [4.78, 5) is 9.29. The summed E-state index contributed by atoms with van der Waals surface area (Å²) in [5, 5.41) is 14.1. The van der Waals surface area contributed by atoms with E-state index in [1.54, 1.807) is 0 Å². The maximum absolute atomic E-state index is 9.29. The molecule has 0 rings (SSSR count). The minimum atomic E-state index is -0.881. The lowest BCUT2D eigenvalue weighted by molar-refractivity contribution is -0.133. The maximum Gasteiger partial charge on any atom is 0.313 e. The molecule has 4 nitrogen and oxygen atoms in total. The third-order valence-corrected chi connectivity index (χ3v) is 0.406. The van der Waals surface area contributed by atoms with Crippen molar-refractivity contribution < 1.29 is 15.1 Å². The van der Waals surface area contributed by atoms with Crippen molar-refractivity contribution in [3.63, 3.8) is 0 Å². The number of rotatable bonds is 1. The number of carboxylic acid groups (broad SMARTS) is 1. The number of carboxylic acids is 1. The topological polar surface area (TPSA) is 83.5 Å². The minimum Gasteiger partial charge on any atom is -0.481 e. The Morgan fingerprint density at radius 1 is 1.71 bits per heavy atom. The van der Waals surface area contributed by atoms with Gasteiger partial charge in [0.2, 0.25) is 0 Å². The summed E-state index contributed by atoms with van der Waals surface area (Å²) >= 11 is 3.42. The van der Waals surface area contributed by atoms with Gasteiger partial charge in [-0.05, 0) is 0 Å². The zero-order valence-electron chi connectivity index (χ0n) is 3.53. The number of hydrogen-bond acceptors (Lipinski definition) is 4. The van der Waals surface area contributed by atoms with Crippen LogP contribution in [0.5, 0.6) is 0 Å². The second-order valence-corrected chi connectivity index (χ2v) is 0.868. The summed E-state index contributed by atoms with van der Waals surface area (Å²) in [6, 6.07) is 0. The first-order valence-electron chi connectivity index (χ1n) is 1.36. The van der Waals surface area contributed by atoms with E-state index in [1.165, 1.54) is 0 Å². The van der Waals surface area contributed by atoms with Crippen LogP contribution in [0.1, 0.15) is 0 Å². The van der Waals surface area contributed by atoms with E-state index in [4.69, 9.17) is 10.3 Å². The lowest BCUT2D eigenvalue weighted by Crippen LogP contribution is -1.92. The molecule has 0 aromatic rings. The Balaban J connectivity index is 0. The Bertz CT molecular complexity index is 48.2. The number of hydrogen-bond donors (Lipinski definition) is 4. The molecular weight excluding hydrogens is 118 g/mol. The van der Waals surface area contributed by atoms with Crippen molar-refractivity contribution in [2.24, 2.45) is 5.90 Å². The van der Waals surface area contributed by atoms with Gasteiger partial charge in [0, 0.05) is 0 Å². The lowest BCUT2D eigenvalue weighted by Gasteiger charge is -1.71. The van der Waals surface area contributed by atoms with Crippen molar-refractivity contribution in [3.05, 3.63) is 0 Å². The van der Waals surface area contributed by atoms with Gasteiger partial charge < -0.3 is 10.3 Å². The number of carbonyl (C=O) groups is 1. The first kappa shape index (κ1) is 9.88. The van der Waals surface area contributed by atoms with Crippen LogP contribution in [0.4, 0.5) is 0 Å². The van der Waals surface area contributed by atoms with E-state index >= 15 is 0 Å². The highest BCUT2D eigenvalue weighted by atomic mass is 32.1.